The topological polar surface area (TPSA) is 73.5 Å². The van der Waals surface area contributed by atoms with E-state index in [-0.39, 0.29) is 11.7 Å². The van der Waals surface area contributed by atoms with Crippen molar-refractivity contribution in [1.82, 2.24) is 25.1 Å². The minimum absolute atomic E-state index is 0.0506. The van der Waals surface area contributed by atoms with Gasteiger partial charge < -0.3 is 24.8 Å². The van der Waals surface area contributed by atoms with Crippen LogP contribution in [0.4, 0.5) is 4.39 Å². The van der Waals surface area contributed by atoms with Crippen molar-refractivity contribution in [2.75, 3.05) is 40.3 Å². The zero-order valence-corrected chi connectivity index (χ0v) is 19.1. The van der Waals surface area contributed by atoms with E-state index in [1.54, 1.807) is 12.3 Å². The molecule has 1 fully saturated rings. The van der Waals surface area contributed by atoms with Crippen LogP contribution in [-0.4, -0.2) is 66.0 Å². The second-order valence-corrected chi connectivity index (χ2v) is 8.43. The number of nitrogens with one attached hydrogen (secondary N) is 2. The van der Waals surface area contributed by atoms with E-state index in [1.165, 1.54) is 13.2 Å². The maximum atomic E-state index is 14.4. The predicted octanol–water partition coefficient (Wildman–Crippen LogP) is 1.67. The number of amides is 1. The molecule has 8 heteroatoms. The van der Waals surface area contributed by atoms with E-state index in [9.17, 15) is 9.18 Å². The molecule has 5 rings (SSSR count). The minimum Gasteiger partial charge on any atom is -0.494 e. The molecule has 1 saturated heterocycles. The van der Waals surface area contributed by atoms with Crippen molar-refractivity contribution in [1.29, 1.82) is 0 Å². The standard InChI is InChI=1S/C26H26FN5O2/c1-31-11-13-32(14-12-31)26(33)18-5-3-17(4-6-18)25-29-22-16-28-10-9-20(24(22)30-25)19-7-8-23(34-2)21(27)15-19/h3-10,15-16,28H,11-14H2,1-2H3,(H,29,30). The number of H-pyrrole nitrogens is 1. The molecule has 1 amide bonds. The molecule has 3 aromatic rings. The molecule has 7 nitrogen and oxygen atoms in total. The average molecular weight is 460 g/mol. The monoisotopic (exact) mass is 459 g/mol. The fourth-order valence-electron chi connectivity index (χ4n) is 4.20. The van der Waals surface area contributed by atoms with Crippen molar-refractivity contribution < 1.29 is 13.9 Å². The largest absolute Gasteiger partial charge is 0.494 e. The predicted molar refractivity (Wildman–Crippen MR) is 129 cm³/mol. The Kier molecular flexibility index (Phi) is 5.90. The third-order valence-corrected chi connectivity index (χ3v) is 6.22. The van der Waals surface area contributed by atoms with Crippen LogP contribution in [0.1, 0.15) is 15.9 Å². The number of carbonyl (C=O) groups is 1. The first-order valence-electron chi connectivity index (χ1n) is 11.2. The summed E-state index contributed by atoms with van der Waals surface area (Å²) in [4.78, 5) is 25.1. The normalized spacial score (nSPS) is 15.9. The van der Waals surface area contributed by atoms with Crippen LogP contribution in [-0.2, 0) is 0 Å². The Balaban J connectivity index is 1.48. The number of methoxy groups -OCH3 is 1. The highest BCUT2D eigenvalue weighted by molar-refractivity contribution is 5.94. The average Bonchev–Trinajstić information content (AvgIpc) is 3.18. The van der Waals surface area contributed by atoms with E-state index in [2.05, 4.69) is 22.2 Å². The smallest absolute Gasteiger partial charge is 0.253 e. The van der Waals surface area contributed by atoms with Crippen LogP contribution in [0.2, 0.25) is 0 Å². The number of aromatic amines is 1. The van der Waals surface area contributed by atoms with E-state index in [0.29, 0.717) is 22.3 Å². The molecule has 34 heavy (non-hydrogen) atoms. The van der Waals surface area contributed by atoms with Gasteiger partial charge in [0.1, 0.15) is 5.82 Å². The van der Waals surface area contributed by atoms with Gasteiger partial charge in [-0.1, -0.05) is 18.2 Å². The highest BCUT2D eigenvalue weighted by atomic mass is 19.1. The summed E-state index contributed by atoms with van der Waals surface area (Å²) in [5.74, 6) is 0.485. The van der Waals surface area contributed by atoms with E-state index in [1.807, 2.05) is 47.5 Å². The minimum atomic E-state index is -0.431. The zero-order chi connectivity index (χ0) is 23.7. The first-order chi connectivity index (χ1) is 16.5. The molecule has 0 radical (unpaired) electrons. The summed E-state index contributed by atoms with van der Waals surface area (Å²) in [6.07, 6.45) is 5.47. The molecule has 2 aromatic carbocycles. The molecule has 0 aliphatic carbocycles. The summed E-state index contributed by atoms with van der Waals surface area (Å²) in [5, 5.41) is 4.59. The number of hydrogen-bond acceptors (Lipinski definition) is 5. The SMILES string of the molecule is COc1ccc(C2=c3nc(-c4ccc(C(=O)N5CCN(C)CC5)cc4)[nH]c3=CNC=C2)cc1F. The van der Waals surface area contributed by atoms with E-state index in [0.717, 1.165) is 42.7 Å². The summed E-state index contributed by atoms with van der Waals surface area (Å²) in [7, 11) is 3.51. The molecule has 0 atom stereocenters. The lowest BCUT2D eigenvalue weighted by Crippen LogP contribution is -2.47. The number of piperazine rings is 1. The van der Waals surface area contributed by atoms with Crippen LogP contribution in [0.15, 0.2) is 54.7 Å². The highest BCUT2D eigenvalue weighted by Crippen LogP contribution is 2.22. The molecule has 0 spiro atoms. The van der Waals surface area contributed by atoms with E-state index < -0.39 is 5.82 Å². The third-order valence-electron chi connectivity index (χ3n) is 6.22. The molecule has 2 aliphatic heterocycles. The Morgan fingerprint density at radius 2 is 1.79 bits per heavy atom. The van der Waals surface area contributed by atoms with Crippen LogP contribution in [0.3, 0.4) is 0 Å². The number of nitrogens with zero attached hydrogens (tertiary/aromatic N) is 3. The van der Waals surface area contributed by atoms with Gasteiger partial charge in [-0.2, -0.15) is 0 Å². The quantitative estimate of drug-likeness (QED) is 0.621. The van der Waals surface area contributed by atoms with Gasteiger partial charge in [-0.25, -0.2) is 9.37 Å². The molecule has 0 unspecified atom stereocenters. The zero-order valence-electron chi connectivity index (χ0n) is 19.1. The Hall–Kier alpha value is -3.91. The number of carbonyl (C=O) groups excluding carboxylic acids is 1. The van der Waals surface area contributed by atoms with Crippen molar-refractivity contribution in [3.05, 3.63) is 82.4 Å². The fourth-order valence-corrected chi connectivity index (χ4v) is 4.20. The summed E-state index contributed by atoms with van der Waals surface area (Å²) in [6, 6.07) is 12.3. The van der Waals surface area contributed by atoms with Gasteiger partial charge in [0.2, 0.25) is 0 Å². The number of fused-ring (bicyclic) bond motifs is 1. The second-order valence-electron chi connectivity index (χ2n) is 8.43. The highest BCUT2D eigenvalue weighted by Gasteiger charge is 2.20. The van der Waals surface area contributed by atoms with Crippen molar-refractivity contribution in [3.8, 4) is 17.1 Å². The summed E-state index contributed by atoms with van der Waals surface area (Å²) in [6.45, 7) is 3.25. The van der Waals surface area contributed by atoms with E-state index >= 15 is 0 Å². The number of benzene rings is 2. The van der Waals surface area contributed by atoms with Crippen LogP contribution >= 0.6 is 0 Å². The third kappa shape index (κ3) is 4.20. The van der Waals surface area contributed by atoms with Gasteiger partial charge in [0.05, 0.1) is 17.8 Å². The number of hydrogen-bond donors (Lipinski definition) is 2. The lowest BCUT2D eigenvalue weighted by Gasteiger charge is -2.32. The van der Waals surface area contributed by atoms with Crippen molar-refractivity contribution >= 4 is 17.7 Å². The maximum absolute atomic E-state index is 14.4. The van der Waals surface area contributed by atoms with Gasteiger partial charge in [0.25, 0.3) is 5.91 Å². The Morgan fingerprint density at radius 1 is 1.06 bits per heavy atom. The van der Waals surface area contributed by atoms with Crippen LogP contribution < -0.4 is 20.8 Å². The Labute approximate surface area is 196 Å². The Morgan fingerprint density at radius 3 is 2.50 bits per heavy atom. The lowest BCUT2D eigenvalue weighted by molar-refractivity contribution is 0.0664. The second kappa shape index (κ2) is 9.15. The van der Waals surface area contributed by atoms with Crippen LogP contribution in [0, 0.1) is 5.82 Å². The van der Waals surface area contributed by atoms with Gasteiger partial charge in [0, 0.05) is 55.3 Å². The number of likely N-dealkylation sites (N-methyl/N-ethyl adjacent to an activating group) is 1. The number of halogens is 1. The molecular formula is C26H26FN5O2. The molecule has 2 aliphatic rings. The van der Waals surface area contributed by atoms with Crippen molar-refractivity contribution in [2.24, 2.45) is 0 Å². The molecule has 2 N–H and O–H groups in total. The van der Waals surface area contributed by atoms with Crippen molar-refractivity contribution in [2.45, 2.75) is 0 Å². The van der Waals surface area contributed by atoms with Gasteiger partial charge in [0.15, 0.2) is 11.6 Å². The molecule has 3 heterocycles. The van der Waals surface area contributed by atoms with Crippen molar-refractivity contribution in [3.63, 3.8) is 0 Å². The first-order valence-corrected chi connectivity index (χ1v) is 11.2. The molecule has 0 bridgehead atoms. The van der Waals surface area contributed by atoms with E-state index in [4.69, 9.17) is 9.72 Å². The number of allylic oxidation sites excluding steroid dienone is 1. The number of aromatic nitrogens is 2. The number of imidazole rings is 1. The maximum Gasteiger partial charge on any atom is 0.253 e. The van der Waals surface area contributed by atoms with Gasteiger partial charge in [-0.05, 0) is 43.0 Å². The van der Waals surface area contributed by atoms with Crippen LogP contribution in [0.5, 0.6) is 5.75 Å². The van der Waals surface area contributed by atoms with Gasteiger partial charge in [-0.3, -0.25) is 4.79 Å². The molecule has 0 saturated carbocycles. The van der Waals surface area contributed by atoms with Gasteiger partial charge >= 0.3 is 0 Å². The first kappa shape index (κ1) is 21.9. The van der Waals surface area contributed by atoms with Gasteiger partial charge in [-0.15, -0.1) is 0 Å². The fraction of sp³-hybridized carbons (Fsp3) is 0.231. The molecule has 1 aromatic heterocycles. The number of ether oxygens (including phenoxy) is 1. The molecular weight excluding hydrogens is 433 g/mol. The lowest BCUT2D eigenvalue weighted by atomic mass is 10.1. The van der Waals surface area contributed by atoms with Crippen LogP contribution in [0.25, 0.3) is 23.2 Å². The number of rotatable bonds is 4. The molecule has 174 valence electrons. The summed E-state index contributed by atoms with van der Waals surface area (Å²) >= 11 is 0. The summed E-state index contributed by atoms with van der Waals surface area (Å²) in [5.41, 5.74) is 3.00. The Bertz CT molecular complexity index is 1370. The summed E-state index contributed by atoms with van der Waals surface area (Å²) < 4.78 is 19.4.